The fourth-order valence-corrected chi connectivity index (χ4v) is 4.62. The summed E-state index contributed by atoms with van der Waals surface area (Å²) < 4.78 is 21.9. The minimum atomic E-state index is -0.452. The van der Waals surface area contributed by atoms with Crippen LogP contribution in [0.5, 0.6) is 5.75 Å². The van der Waals surface area contributed by atoms with E-state index in [1.54, 1.807) is 24.7 Å². The number of hydrogen-bond acceptors (Lipinski definition) is 6. The predicted molar refractivity (Wildman–Crippen MR) is 143 cm³/mol. The standard InChI is InChI=1S/C30H28FN5O2/c1-35-11-9-21(10-12-35)20-38-26-16-33-30(34-17-26)24-4-2-3-23(13-24)18-36-19-25(6-8-29(36)37)27-14-22(15-32)5-7-28(27)31/h2-8,13-14,16-17,19,21H,9-12,18,20H2,1H3. The largest absolute Gasteiger partial charge is 0.490 e. The molecular formula is C30H28FN5O2. The quantitative estimate of drug-likeness (QED) is 0.358. The summed E-state index contributed by atoms with van der Waals surface area (Å²) in [4.78, 5) is 23.9. The Balaban J connectivity index is 1.30. The van der Waals surface area contributed by atoms with Crippen LogP contribution in [0.2, 0.25) is 0 Å². The average Bonchev–Trinajstić information content (AvgIpc) is 2.95. The van der Waals surface area contributed by atoms with Crippen LogP contribution in [0.25, 0.3) is 22.5 Å². The molecule has 0 bridgehead atoms. The molecule has 0 aliphatic carbocycles. The number of likely N-dealkylation sites (tertiary alicyclic amines) is 1. The van der Waals surface area contributed by atoms with Crippen LogP contribution < -0.4 is 10.3 Å². The number of nitriles is 1. The fraction of sp³-hybridized carbons (Fsp3) is 0.267. The molecule has 3 heterocycles. The minimum absolute atomic E-state index is 0.210. The molecule has 1 aliphatic rings. The van der Waals surface area contributed by atoms with Crippen LogP contribution in [0.1, 0.15) is 24.0 Å². The first-order valence-corrected chi connectivity index (χ1v) is 12.6. The maximum atomic E-state index is 14.5. The van der Waals surface area contributed by atoms with E-state index in [1.807, 2.05) is 30.3 Å². The molecule has 0 unspecified atom stereocenters. The van der Waals surface area contributed by atoms with Crippen molar-refractivity contribution >= 4 is 0 Å². The fourth-order valence-electron chi connectivity index (χ4n) is 4.62. The molecule has 2 aromatic heterocycles. The zero-order valence-corrected chi connectivity index (χ0v) is 21.2. The monoisotopic (exact) mass is 509 g/mol. The Hall–Kier alpha value is -4.35. The second-order valence-corrected chi connectivity index (χ2v) is 9.69. The number of hydrogen-bond donors (Lipinski definition) is 0. The van der Waals surface area contributed by atoms with Gasteiger partial charge < -0.3 is 14.2 Å². The summed E-state index contributed by atoms with van der Waals surface area (Å²) in [5.41, 5.74) is 2.64. The molecule has 7 nitrogen and oxygen atoms in total. The Morgan fingerprint density at radius 3 is 2.61 bits per heavy atom. The van der Waals surface area contributed by atoms with Crippen molar-refractivity contribution in [3.63, 3.8) is 0 Å². The number of benzene rings is 2. The third kappa shape index (κ3) is 5.96. The summed E-state index contributed by atoms with van der Waals surface area (Å²) in [6, 6.07) is 16.8. The number of nitrogens with zero attached hydrogens (tertiary/aromatic N) is 5. The lowest BCUT2D eigenvalue weighted by Crippen LogP contribution is -2.32. The lowest BCUT2D eigenvalue weighted by molar-refractivity contribution is 0.159. The van der Waals surface area contributed by atoms with E-state index in [0.717, 1.165) is 37.1 Å². The van der Waals surface area contributed by atoms with Gasteiger partial charge in [-0.1, -0.05) is 18.2 Å². The molecule has 38 heavy (non-hydrogen) atoms. The van der Waals surface area contributed by atoms with Gasteiger partial charge in [-0.25, -0.2) is 14.4 Å². The van der Waals surface area contributed by atoms with Crippen molar-refractivity contribution in [3.05, 3.63) is 100 Å². The molecule has 1 fully saturated rings. The Morgan fingerprint density at radius 1 is 1.05 bits per heavy atom. The van der Waals surface area contributed by atoms with E-state index in [1.165, 1.54) is 28.8 Å². The van der Waals surface area contributed by atoms with Gasteiger partial charge in [0.25, 0.3) is 5.56 Å². The summed E-state index contributed by atoms with van der Waals surface area (Å²) in [7, 11) is 2.14. The van der Waals surface area contributed by atoms with Gasteiger partial charge in [-0.05, 0) is 74.8 Å². The van der Waals surface area contributed by atoms with Gasteiger partial charge in [0.1, 0.15) is 5.82 Å². The smallest absolute Gasteiger partial charge is 0.250 e. The molecule has 0 radical (unpaired) electrons. The third-order valence-electron chi connectivity index (χ3n) is 6.88. The van der Waals surface area contributed by atoms with Crippen molar-refractivity contribution in [2.24, 2.45) is 5.92 Å². The molecule has 5 rings (SSSR count). The summed E-state index contributed by atoms with van der Waals surface area (Å²) in [5.74, 6) is 1.32. The van der Waals surface area contributed by atoms with E-state index in [4.69, 9.17) is 4.74 Å². The molecule has 2 aromatic carbocycles. The summed E-state index contributed by atoms with van der Waals surface area (Å²) >= 11 is 0. The molecule has 8 heteroatoms. The normalized spacial score (nSPS) is 14.2. The molecule has 0 saturated carbocycles. The van der Waals surface area contributed by atoms with E-state index >= 15 is 0 Å². The predicted octanol–water partition coefficient (Wildman–Crippen LogP) is 4.75. The Bertz CT molecular complexity index is 1520. The number of ether oxygens (including phenoxy) is 1. The van der Waals surface area contributed by atoms with Crippen LogP contribution in [0.15, 0.2) is 78.0 Å². The van der Waals surface area contributed by atoms with Gasteiger partial charge in [0, 0.05) is 29.0 Å². The Labute approximate surface area is 220 Å². The highest BCUT2D eigenvalue weighted by atomic mass is 19.1. The second kappa shape index (κ2) is 11.4. The van der Waals surface area contributed by atoms with Crippen LogP contribution in [0.3, 0.4) is 0 Å². The van der Waals surface area contributed by atoms with Crippen LogP contribution in [-0.4, -0.2) is 46.2 Å². The number of aromatic nitrogens is 3. The topological polar surface area (TPSA) is 84.0 Å². The molecule has 1 aliphatic heterocycles. The number of rotatable bonds is 7. The number of halogens is 1. The van der Waals surface area contributed by atoms with Gasteiger partial charge in [-0.3, -0.25) is 4.79 Å². The lowest BCUT2D eigenvalue weighted by Gasteiger charge is -2.28. The zero-order valence-electron chi connectivity index (χ0n) is 21.2. The molecular weight excluding hydrogens is 481 g/mol. The van der Waals surface area contributed by atoms with Crippen LogP contribution in [0, 0.1) is 23.1 Å². The highest BCUT2D eigenvalue weighted by molar-refractivity contribution is 5.65. The molecule has 0 N–H and O–H groups in total. The van der Waals surface area contributed by atoms with E-state index in [2.05, 4.69) is 21.9 Å². The minimum Gasteiger partial charge on any atom is -0.490 e. The lowest BCUT2D eigenvalue weighted by atomic mass is 9.98. The van der Waals surface area contributed by atoms with Crippen LogP contribution in [0.4, 0.5) is 4.39 Å². The van der Waals surface area contributed by atoms with Gasteiger partial charge in [0.15, 0.2) is 11.6 Å². The van der Waals surface area contributed by atoms with E-state index in [-0.39, 0.29) is 17.7 Å². The molecule has 0 spiro atoms. The molecule has 0 atom stereocenters. The van der Waals surface area contributed by atoms with Crippen molar-refractivity contribution in [3.8, 4) is 34.3 Å². The second-order valence-electron chi connectivity index (χ2n) is 9.69. The van der Waals surface area contributed by atoms with E-state index in [9.17, 15) is 14.4 Å². The number of piperidine rings is 1. The highest BCUT2D eigenvalue weighted by Crippen LogP contribution is 2.24. The van der Waals surface area contributed by atoms with E-state index < -0.39 is 5.82 Å². The summed E-state index contributed by atoms with van der Waals surface area (Å²) in [5, 5.41) is 9.17. The van der Waals surface area contributed by atoms with Crippen molar-refractivity contribution in [1.82, 2.24) is 19.4 Å². The van der Waals surface area contributed by atoms with Crippen LogP contribution >= 0.6 is 0 Å². The zero-order chi connectivity index (χ0) is 26.5. The van der Waals surface area contributed by atoms with Gasteiger partial charge in [-0.15, -0.1) is 0 Å². The third-order valence-corrected chi connectivity index (χ3v) is 6.88. The summed E-state index contributed by atoms with van der Waals surface area (Å²) in [6.45, 7) is 3.16. The van der Waals surface area contributed by atoms with Crippen molar-refractivity contribution in [2.75, 3.05) is 26.7 Å². The summed E-state index contributed by atoms with van der Waals surface area (Å²) in [6.07, 6.45) is 7.27. The van der Waals surface area contributed by atoms with Gasteiger partial charge in [0.2, 0.25) is 0 Å². The molecule has 1 saturated heterocycles. The number of pyridine rings is 1. The van der Waals surface area contributed by atoms with Crippen molar-refractivity contribution in [2.45, 2.75) is 19.4 Å². The van der Waals surface area contributed by atoms with Crippen molar-refractivity contribution < 1.29 is 9.13 Å². The van der Waals surface area contributed by atoms with Gasteiger partial charge in [-0.2, -0.15) is 5.26 Å². The van der Waals surface area contributed by atoms with E-state index in [0.29, 0.717) is 35.2 Å². The molecule has 0 amide bonds. The van der Waals surface area contributed by atoms with Gasteiger partial charge >= 0.3 is 0 Å². The SMILES string of the molecule is CN1CCC(COc2cnc(-c3cccc(Cn4cc(-c5cc(C#N)ccc5F)ccc4=O)c3)nc2)CC1. The van der Waals surface area contributed by atoms with Gasteiger partial charge in [0.05, 0.1) is 37.2 Å². The average molecular weight is 510 g/mol. The first-order chi connectivity index (χ1) is 18.5. The highest BCUT2D eigenvalue weighted by Gasteiger charge is 2.17. The maximum Gasteiger partial charge on any atom is 0.250 e. The Kier molecular flexibility index (Phi) is 7.57. The van der Waals surface area contributed by atoms with Crippen molar-refractivity contribution in [1.29, 1.82) is 5.26 Å². The molecule has 4 aromatic rings. The Morgan fingerprint density at radius 2 is 1.84 bits per heavy atom. The maximum absolute atomic E-state index is 14.5. The first-order valence-electron chi connectivity index (χ1n) is 12.6. The van der Waals surface area contributed by atoms with Crippen LogP contribution in [-0.2, 0) is 6.54 Å². The molecule has 192 valence electrons. The first kappa shape index (κ1) is 25.3.